The summed E-state index contributed by atoms with van der Waals surface area (Å²) < 4.78 is 42.9. The number of hydrogen-bond donors (Lipinski definition) is 1. The Morgan fingerprint density at radius 1 is 1.17 bits per heavy atom. The van der Waals surface area contributed by atoms with Crippen LogP contribution in [0.5, 0.6) is 0 Å². The van der Waals surface area contributed by atoms with Gasteiger partial charge in [-0.1, -0.05) is 0 Å². The Kier molecular flexibility index (Phi) is 6.22. The van der Waals surface area contributed by atoms with Gasteiger partial charge in [0.25, 0.3) is 10.0 Å². The molecule has 188 valence electrons. The molecule has 0 bridgehead atoms. The molecule has 1 fully saturated rings. The maximum atomic E-state index is 13.7. The Bertz CT molecular complexity index is 1540. The Morgan fingerprint density at radius 3 is 2.64 bits per heavy atom. The van der Waals surface area contributed by atoms with Gasteiger partial charge in [-0.15, -0.1) is 11.3 Å². The molecule has 5 rings (SSSR count). The zero-order valence-electron chi connectivity index (χ0n) is 19.2. The van der Waals surface area contributed by atoms with Gasteiger partial charge in [-0.2, -0.15) is 0 Å². The van der Waals surface area contributed by atoms with Gasteiger partial charge in [0.1, 0.15) is 18.4 Å². The van der Waals surface area contributed by atoms with Crippen molar-refractivity contribution in [3.63, 3.8) is 0 Å². The average molecular weight is 530 g/mol. The molecule has 1 saturated heterocycles. The minimum atomic E-state index is -3.80. The zero-order valence-corrected chi connectivity index (χ0v) is 20.8. The van der Waals surface area contributed by atoms with Crippen molar-refractivity contribution in [2.75, 3.05) is 29.3 Å². The lowest BCUT2D eigenvalue weighted by Crippen LogP contribution is -2.53. The van der Waals surface area contributed by atoms with Gasteiger partial charge in [0, 0.05) is 38.0 Å². The third kappa shape index (κ3) is 4.56. The first-order valence-corrected chi connectivity index (χ1v) is 13.5. The molecular formula is C24H24FN5O4S2. The van der Waals surface area contributed by atoms with Crippen LogP contribution in [0.1, 0.15) is 14.4 Å². The Morgan fingerprint density at radius 2 is 1.94 bits per heavy atom. The van der Waals surface area contributed by atoms with Crippen molar-refractivity contribution in [3.05, 3.63) is 72.1 Å². The minimum absolute atomic E-state index is 0. The van der Waals surface area contributed by atoms with Gasteiger partial charge in [0.2, 0.25) is 11.8 Å². The number of anilines is 2. The lowest BCUT2D eigenvalue weighted by molar-refractivity contribution is -0.139. The fourth-order valence-electron chi connectivity index (χ4n) is 4.23. The number of halogens is 1. The number of rotatable bonds is 6. The standard InChI is InChI=1S/C24H22FN5O4S2.H2/c1-16(29-10-8-17-2-3-18(25)14-21(17)29)23(32)28-11-12-30(22(31)15-28)19-4-6-20(7-5-19)36(33,34)27-24-26-9-13-35-24;/h2-10,13-14,16H,11-12,15H2,1H3,(H,26,27);1H. The minimum Gasteiger partial charge on any atom is -0.335 e. The third-order valence-electron chi connectivity index (χ3n) is 6.11. The number of benzene rings is 2. The van der Waals surface area contributed by atoms with Gasteiger partial charge in [-0.25, -0.2) is 17.8 Å². The van der Waals surface area contributed by atoms with Gasteiger partial charge in [0.15, 0.2) is 5.13 Å². The molecule has 12 heteroatoms. The molecule has 4 aromatic rings. The van der Waals surface area contributed by atoms with Crippen molar-refractivity contribution in [2.45, 2.75) is 17.9 Å². The summed E-state index contributed by atoms with van der Waals surface area (Å²) in [7, 11) is -3.80. The molecule has 1 N–H and O–H groups in total. The van der Waals surface area contributed by atoms with Crippen LogP contribution in [0.4, 0.5) is 15.2 Å². The summed E-state index contributed by atoms with van der Waals surface area (Å²) in [5, 5.41) is 2.75. The molecular weight excluding hydrogens is 505 g/mol. The number of amides is 2. The SMILES string of the molecule is CC(C(=O)N1CCN(c2ccc(S(=O)(=O)Nc3nccs3)cc2)C(=O)C1)n1ccc2ccc(F)cc21.[HH]. The molecule has 0 spiro atoms. The molecule has 1 aliphatic rings. The predicted octanol–water partition coefficient (Wildman–Crippen LogP) is 3.72. The highest BCUT2D eigenvalue weighted by molar-refractivity contribution is 7.93. The molecule has 36 heavy (non-hydrogen) atoms. The monoisotopic (exact) mass is 529 g/mol. The van der Waals surface area contributed by atoms with Crippen LogP contribution in [0.25, 0.3) is 10.9 Å². The van der Waals surface area contributed by atoms with Crippen LogP contribution in [0, 0.1) is 5.82 Å². The van der Waals surface area contributed by atoms with Crippen molar-refractivity contribution in [1.82, 2.24) is 14.5 Å². The summed E-state index contributed by atoms with van der Waals surface area (Å²) in [4.78, 5) is 33.1. The van der Waals surface area contributed by atoms with E-state index in [-0.39, 0.29) is 42.2 Å². The van der Waals surface area contributed by atoms with Crippen LogP contribution in [0.15, 0.2) is 71.2 Å². The van der Waals surface area contributed by atoms with Gasteiger partial charge < -0.3 is 14.4 Å². The molecule has 2 aromatic carbocycles. The lowest BCUT2D eigenvalue weighted by atomic mass is 10.2. The van der Waals surface area contributed by atoms with Crippen LogP contribution in [-0.2, 0) is 19.6 Å². The van der Waals surface area contributed by atoms with Crippen molar-refractivity contribution >= 4 is 54.9 Å². The number of sulfonamides is 1. The Balaban J connectivity index is 0.00000320. The molecule has 1 unspecified atom stereocenters. The van der Waals surface area contributed by atoms with E-state index in [4.69, 9.17) is 0 Å². The van der Waals surface area contributed by atoms with E-state index >= 15 is 0 Å². The molecule has 0 saturated carbocycles. The molecule has 0 radical (unpaired) electrons. The number of carbonyl (C=O) groups is 2. The molecule has 3 heterocycles. The Labute approximate surface area is 212 Å². The topological polar surface area (TPSA) is 105 Å². The quantitative estimate of drug-likeness (QED) is 0.410. The number of hydrogen-bond acceptors (Lipinski definition) is 6. The molecule has 9 nitrogen and oxygen atoms in total. The van der Waals surface area contributed by atoms with E-state index in [1.165, 1.54) is 51.6 Å². The fourth-order valence-corrected chi connectivity index (χ4v) is 6.02. The second-order valence-corrected chi connectivity index (χ2v) is 10.9. The summed E-state index contributed by atoms with van der Waals surface area (Å²) in [5.74, 6) is -0.898. The number of aromatic nitrogens is 2. The van der Waals surface area contributed by atoms with Crippen molar-refractivity contribution in [2.24, 2.45) is 0 Å². The van der Waals surface area contributed by atoms with E-state index in [0.717, 1.165) is 5.39 Å². The number of carbonyl (C=O) groups excluding carboxylic acids is 2. The van der Waals surface area contributed by atoms with Gasteiger partial charge >= 0.3 is 0 Å². The highest BCUT2D eigenvalue weighted by Crippen LogP contribution is 2.25. The average Bonchev–Trinajstić information content (AvgIpc) is 3.52. The smallest absolute Gasteiger partial charge is 0.263 e. The first-order valence-electron chi connectivity index (χ1n) is 11.1. The summed E-state index contributed by atoms with van der Waals surface area (Å²) in [6.07, 6.45) is 3.24. The van der Waals surface area contributed by atoms with Crippen LogP contribution < -0.4 is 9.62 Å². The molecule has 2 amide bonds. The van der Waals surface area contributed by atoms with E-state index in [0.29, 0.717) is 17.7 Å². The normalized spacial score (nSPS) is 15.3. The first-order chi connectivity index (χ1) is 17.2. The second-order valence-electron chi connectivity index (χ2n) is 8.34. The molecule has 1 aliphatic heterocycles. The summed E-state index contributed by atoms with van der Waals surface area (Å²) in [6.45, 7) is 2.20. The van der Waals surface area contributed by atoms with Crippen molar-refractivity contribution < 1.29 is 23.8 Å². The number of nitrogens with one attached hydrogen (secondary N) is 1. The van der Waals surface area contributed by atoms with E-state index < -0.39 is 16.1 Å². The van der Waals surface area contributed by atoms with Crippen LogP contribution in [-0.4, -0.2) is 54.3 Å². The van der Waals surface area contributed by atoms with Crippen LogP contribution in [0.3, 0.4) is 0 Å². The number of nitrogens with zero attached hydrogens (tertiary/aromatic N) is 4. The fraction of sp³-hybridized carbons (Fsp3) is 0.208. The van der Waals surface area contributed by atoms with E-state index in [2.05, 4.69) is 9.71 Å². The number of piperazine rings is 1. The number of fused-ring (bicyclic) bond motifs is 1. The lowest BCUT2D eigenvalue weighted by Gasteiger charge is -2.35. The van der Waals surface area contributed by atoms with Crippen molar-refractivity contribution in [1.29, 1.82) is 0 Å². The largest absolute Gasteiger partial charge is 0.335 e. The van der Waals surface area contributed by atoms with E-state index in [1.54, 1.807) is 41.3 Å². The van der Waals surface area contributed by atoms with E-state index in [1.807, 2.05) is 6.07 Å². The summed E-state index contributed by atoms with van der Waals surface area (Å²) in [6, 6.07) is 11.6. The van der Waals surface area contributed by atoms with Gasteiger partial charge in [-0.05, 0) is 60.8 Å². The summed E-state index contributed by atoms with van der Waals surface area (Å²) >= 11 is 1.17. The molecule has 2 aromatic heterocycles. The Hall–Kier alpha value is -3.77. The molecule has 1 atom stereocenters. The highest BCUT2D eigenvalue weighted by Gasteiger charge is 2.31. The maximum Gasteiger partial charge on any atom is 0.263 e. The van der Waals surface area contributed by atoms with Crippen LogP contribution >= 0.6 is 11.3 Å². The maximum absolute atomic E-state index is 13.7. The van der Waals surface area contributed by atoms with Crippen molar-refractivity contribution in [3.8, 4) is 0 Å². The number of thiazole rings is 1. The third-order valence-corrected chi connectivity index (χ3v) is 8.28. The second kappa shape index (κ2) is 9.36. The zero-order chi connectivity index (χ0) is 25.4. The van der Waals surface area contributed by atoms with E-state index in [9.17, 15) is 22.4 Å². The highest BCUT2D eigenvalue weighted by atomic mass is 32.2. The predicted molar refractivity (Wildman–Crippen MR) is 137 cm³/mol. The summed E-state index contributed by atoms with van der Waals surface area (Å²) in [5.41, 5.74) is 1.15. The van der Waals surface area contributed by atoms with Gasteiger partial charge in [0.05, 0.1) is 10.4 Å². The molecule has 0 aliphatic carbocycles. The van der Waals surface area contributed by atoms with Gasteiger partial charge in [-0.3, -0.25) is 14.3 Å². The van der Waals surface area contributed by atoms with Crippen LogP contribution in [0.2, 0.25) is 0 Å². The first kappa shape index (κ1) is 23.9.